The fraction of sp³-hybridized carbons (Fsp3) is 0.125. The van der Waals surface area contributed by atoms with E-state index in [1.165, 1.54) is 18.2 Å². The lowest BCUT2D eigenvalue weighted by Gasteiger charge is -2.03. The SMILES string of the molecule is Cc1c(CNC(=O)c2cnc(C(=O)O)cn2)oc2ccc(F)cc12. The molecule has 2 aromatic heterocycles. The third kappa shape index (κ3) is 2.94. The number of nitrogens with one attached hydrogen (secondary N) is 1. The number of hydrogen-bond donors (Lipinski definition) is 2. The van der Waals surface area contributed by atoms with E-state index in [2.05, 4.69) is 15.3 Å². The van der Waals surface area contributed by atoms with Gasteiger partial charge in [0, 0.05) is 10.9 Å². The Hall–Kier alpha value is -3.29. The number of aryl methyl sites for hydroxylation is 1. The number of nitrogens with zero attached hydrogens (tertiary/aromatic N) is 2. The minimum Gasteiger partial charge on any atom is -0.476 e. The van der Waals surface area contributed by atoms with Crippen molar-refractivity contribution in [2.75, 3.05) is 0 Å². The predicted molar refractivity (Wildman–Crippen MR) is 81.1 cm³/mol. The van der Waals surface area contributed by atoms with Gasteiger partial charge in [0.25, 0.3) is 5.91 Å². The molecule has 0 aliphatic heterocycles. The van der Waals surface area contributed by atoms with Crippen molar-refractivity contribution in [1.29, 1.82) is 0 Å². The van der Waals surface area contributed by atoms with E-state index in [1.54, 1.807) is 6.92 Å². The molecule has 0 aliphatic carbocycles. The van der Waals surface area contributed by atoms with Crippen LogP contribution in [0, 0.1) is 12.7 Å². The first-order valence-corrected chi connectivity index (χ1v) is 6.97. The molecule has 122 valence electrons. The minimum atomic E-state index is -1.22. The molecule has 2 N–H and O–H groups in total. The van der Waals surface area contributed by atoms with Crippen LogP contribution < -0.4 is 5.32 Å². The molecule has 1 aromatic carbocycles. The average Bonchev–Trinajstić information content (AvgIpc) is 2.88. The Morgan fingerprint density at radius 1 is 1.25 bits per heavy atom. The highest BCUT2D eigenvalue weighted by molar-refractivity contribution is 5.92. The van der Waals surface area contributed by atoms with Crippen LogP contribution in [0.5, 0.6) is 0 Å². The van der Waals surface area contributed by atoms with Gasteiger partial charge in [-0.2, -0.15) is 0 Å². The third-order valence-corrected chi connectivity index (χ3v) is 3.51. The first-order valence-electron chi connectivity index (χ1n) is 6.97. The predicted octanol–water partition coefficient (Wildman–Crippen LogP) is 2.30. The van der Waals surface area contributed by atoms with Crippen LogP contribution in [0.3, 0.4) is 0 Å². The normalized spacial score (nSPS) is 10.8. The molecule has 0 radical (unpaired) electrons. The van der Waals surface area contributed by atoms with Crippen molar-refractivity contribution in [3.8, 4) is 0 Å². The van der Waals surface area contributed by atoms with Gasteiger partial charge in [0.15, 0.2) is 5.69 Å². The molecule has 8 heteroatoms. The van der Waals surface area contributed by atoms with Crippen molar-refractivity contribution in [2.24, 2.45) is 0 Å². The van der Waals surface area contributed by atoms with Crippen molar-refractivity contribution < 1.29 is 23.5 Å². The zero-order chi connectivity index (χ0) is 17.3. The van der Waals surface area contributed by atoms with E-state index < -0.39 is 11.9 Å². The molecule has 0 saturated heterocycles. The highest BCUT2D eigenvalue weighted by atomic mass is 19.1. The second-order valence-corrected chi connectivity index (χ2v) is 5.07. The number of carboxylic acids is 1. The summed E-state index contributed by atoms with van der Waals surface area (Å²) in [6, 6.07) is 4.20. The van der Waals surface area contributed by atoms with Crippen LogP contribution in [-0.4, -0.2) is 27.0 Å². The second-order valence-electron chi connectivity index (χ2n) is 5.07. The fourth-order valence-corrected chi connectivity index (χ4v) is 2.22. The molecule has 2 heterocycles. The lowest BCUT2D eigenvalue weighted by Crippen LogP contribution is -2.24. The van der Waals surface area contributed by atoms with E-state index >= 15 is 0 Å². The van der Waals surface area contributed by atoms with Gasteiger partial charge in [0.1, 0.15) is 22.9 Å². The van der Waals surface area contributed by atoms with E-state index in [-0.39, 0.29) is 23.7 Å². The van der Waals surface area contributed by atoms with Crippen LogP contribution in [-0.2, 0) is 6.54 Å². The summed E-state index contributed by atoms with van der Waals surface area (Å²) in [5.74, 6) is -1.61. The molecular weight excluding hydrogens is 317 g/mol. The van der Waals surface area contributed by atoms with Gasteiger partial charge in [-0.25, -0.2) is 19.2 Å². The number of hydrogen-bond acceptors (Lipinski definition) is 5. The Morgan fingerprint density at radius 2 is 1.96 bits per heavy atom. The number of amides is 1. The molecule has 0 atom stereocenters. The molecule has 1 amide bonds. The second kappa shape index (κ2) is 6.07. The lowest BCUT2D eigenvalue weighted by molar-refractivity contribution is 0.0689. The molecule has 0 unspecified atom stereocenters. The van der Waals surface area contributed by atoms with Gasteiger partial charge < -0.3 is 14.8 Å². The average molecular weight is 329 g/mol. The van der Waals surface area contributed by atoms with E-state index in [1.807, 2.05) is 0 Å². The van der Waals surface area contributed by atoms with Crippen molar-refractivity contribution in [3.63, 3.8) is 0 Å². The number of carbonyl (C=O) groups excluding carboxylic acids is 1. The molecule has 0 spiro atoms. The van der Waals surface area contributed by atoms with Crippen LogP contribution in [0.1, 0.15) is 32.3 Å². The lowest BCUT2D eigenvalue weighted by atomic mass is 10.1. The number of aromatic carboxylic acids is 1. The number of furan rings is 1. The summed E-state index contributed by atoms with van der Waals surface area (Å²) in [6.45, 7) is 1.86. The molecule has 3 rings (SSSR count). The zero-order valence-corrected chi connectivity index (χ0v) is 12.5. The van der Waals surface area contributed by atoms with E-state index in [4.69, 9.17) is 9.52 Å². The monoisotopic (exact) mass is 329 g/mol. The third-order valence-electron chi connectivity index (χ3n) is 3.51. The quantitative estimate of drug-likeness (QED) is 0.761. The Morgan fingerprint density at radius 3 is 2.62 bits per heavy atom. The maximum Gasteiger partial charge on any atom is 0.356 e. The summed E-state index contributed by atoms with van der Waals surface area (Å²) < 4.78 is 18.9. The number of aromatic nitrogens is 2. The van der Waals surface area contributed by atoms with Gasteiger partial charge in [-0.1, -0.05) is 0 Å². The van der Waals surface area contributed by atoms with Gasteiger partial charge in [-0.15, -0.1) is 0 Å². The molecule has 0 aliphatic rings. The molecule has 7 nitrogen and oxygen atoms in total. The topological polar surface area (TPSA) is 105 Å². The largest absolute Gasteiger partial charge is 0.476 e. The van der Waals surface area contributed by atoms with Crippen molar-refractivity contribution in [1.82, 2.24) is 15.3 Å². The summed E-state index contributed by atoms with van der Waals surface area (Å²) in [5.41, 5.74) is 1.00. The highest BCUT2D eigenvalue weighted by Crippen LogP contribution is 2.25. The number of halogens is 1. The van der Waals surface area contributed by atoms with E-state index in [0.717, 1.165) is 18.0 Å². The Bertz CT molecular complexity index is 934. The molecular formula is C16H12FN3O4. The maximum absolute atomic E-state index is 13.3. The van der Waals surface area contributed by atoms with E-state index in [0.29, 0.717) is 16.7 Å². The van der Waals surface area contributed by atoms with Crippen LogP contribution in [0.25, 0.3) is 11.0 Å². The van der Waals surface area contributed by atoms with Gasteiger partial charge in [0.05, 0.1) is 18.9 Å². The Balaban J connectivity index is 1.74. The summed E-state index contributed by atoms with van der Waals surface area (Å²) in [4.78, 5) is 30.1. The smallest absolute Gasteiger partial charge is 0.356 e. The number of benzene rings is 1. The number of carbonyl (C=O) groups is 2. The summed E-state index contributed by atoms with van der Waals surface area (Å²) in [6.07, 6.45) is 2.09. The highest BCUT2D eigenvalue weighted by Gasteiger charge is 2.14. The van der Waals surface area contributed by atoms with Crippen LogP contribution in [0.15, 0.2) is 35.0 Å². The fourth-order valence-electron chi connectivity index (χ4n) is 2.22. The number of carboxylic acid groups (broad SMARTS) is 1. The van der Waals surface area contributed by atoms with E-state index in [9.17, 15) is 14.0 Å². The van der Waals surface area contributed by atoms with Crippen molar-refractivity contribution >= 4 is 22.8 Å². The molecule has 24 heavy (non-hydrogen) atoms. The molecule has 0 saturated carbocycles. The van der Waals surface area contributed by atoms with Gasteiger partial charge in [-0.05, 0) is 25.1 Å². The Kier molecular flexibility index (Phi) is 3.95. The first kappa shape index (κ1) is 15.6. The van der Waals surface area contributed by atoms with Gasteiger partial charge >= 0.3 is 5.97 Å². The van der Waals surface area contributed by atoms with Crippen LogP contribution in [0.2, 0.25) is 0 Å². The zero-order valence-electron chi connectivity index (χ0n) is 12.5. The summed E-state index contributed by atoms with van der Waals surface area (Å²) in [5, 5.41) is 12.0. The molecule has 0 bridgehead atoms. The molecule has 3 aromatic rings. The van der Waals surface area contributed by atoms with Gasteiger partial charge in [-0.3, -0.25) is 4.79 Å². The van der Waals surface area contributed by atoms with Crippen LogP contribution in [0.4, 0.5) is 4.39 Å². The minimum absolute atomic E-state index is 0.0141. The standard InChI is InChI=1S/C16H12FN3O4/c1-8-10-4-9(17)2-3-13(10)24-14(8)7-20-15(21)11-5-19-12(6-18-11)16(22)23/h2-6H,7H2,1H3,(H,20,21)(H,22,23). The Labute approximate surface area is 135 Å². The summed E-state index contributed by atoms with van der Waals surface area (Å²) >= 11 is 0. The van der Waals surface area contributed by atoms with Crippen LogP contribution >= 0.6 is 0 Å². The molecule has 0 fully saturated rings. The maximum atomic E-state index is 13.3. The van der Waals surface area contributed by atoms with Crippen molar-refractivity contribution in [2.45, 2.75) is 13.5 Å². The van der Waals surface area contributed by atoms with Gasteiger partial charge in [0.2, 0.25) is 0 Å². The van der Waals surface area contributed by atoms with Crippen molar-refractivity contribution in [3.05, 3.63) is 59.1 Å². The number of rotatable bonds is 4. The number of fused-ring (bicyclic) bond motifs is 1. The summed E-state index contributed by atoms with van der Waals surface area (Å²) in [7, 11) is 0. The first-order chi connectivity index (χ1) is 11.5.